The van der Waals surface area contributed by atoms with Gasteiger partial charge in [0, 0.05) is 31.6 Å². The van der Waals surface area contributed by atoms with Gasteiger partial charge in [0.2, 0.25) is 11.8 Å². The first-order valence-corrected chi connectivity index (χ1v) is 6.13. The highest BCUT2D eigenvalue weighted by Gasteiger charge is 2.13. The van der Waals surface area contributed by atoms with Crippen LogP contribution < -0.4 is 10.2 Å². The fourth-order valence-electron chi connectivity index (χ4n) is 1.68. The van der Waals surface area contributed by atoms with E-state index >= 15 is 0 Å². The summed E-state index contributed by atoms with van der Waals surface area (Å²) in [6.45, 7) is 5.74. The van der Waals surface area contributed by atoms with Crippen molar-refractivity contribution in [3.63, 3.8) is 0 Å². The number of para-hydroxylation sites is 1. The standard InChI is InChI=1S/C14H20N2O2/c1-11(2)15-14(18)9-10-16(12(3)17)13-7-5-4-6-8-13/h4-8,11H,9-10H2,1-3H3,(H,15,18). The zero-order valence-corrected chi connectivity index (χ0v) is 11.1. The largest absolute Gasteiger partial charge is 0.354 e. The summed E-state index contributed by atoms with van der Waals surface area (Å²) in [6, 6.07) is 9.50. The van der Waals surface area contributed by atoms with Crippen molar-refractivity contribution in [3.8, 4) is 0 Å². The van der Waals surface area contributed by atoms with Gasteiger partial charge in [-0.05, 0) is 26.0 Å². The quantitative estimate of drug-likeness (QED) is 0.866. The number of hydrogen-bond donors (Lipinski definition) is 1. The van der Waals surface area contributed by atoms with Gasteiger partial charge in [-0.25, -0.2) is 0 Å². The fraction of sp³-hybridized carbons (Fsp3) is 0.429. The molecular formula is C14H20N2O2. The molecule has 0 unspecified atom stereocenters. The van der Waals surface area contributed by atoms with E-state index in [-0.39, 0.29) is 17.9 Å². The number of benzene rings is 1. The van der Waals surface area contributed by atoms with Crippen molar-refractivity contribution in [2.75, 3.05) is 11.4 Å². The molecule has 0 heterocycles. The van der Waals surface area contributed by atoms with Gasteiger partial charge in [-0.15, -0.1) is 0 Å². The van der Waals surface area contributed by atoms with Gasteiger partial charge < -0.3 is 10.2 Å². The van der Waals surface area contributed by atoms with Crippen LogP contribution in [0.15, 0.2) is 30.3 Å². The van der Waals surface area contributed by atoms with Gasteiger partial charge in [0.15, 0.2) is 0 Å². The molecule has 0 aliphatic rings. The molecule has 0 aliphatic heterocycles. The van der Waals surface area contributed by atoms with Crippen LogP contribution >= 0.6 is 0 Å². The van der Waals surface area contributed by atoms with Crippen LogP contribution in [0, 0.1) is 0 Å². The molecule has 0 saturated heterocycles. The van der Waals surface area contributed by atoms with Crippen molar-refractivity contribution in [2.24, 2.45) is 0 Å². The molecule has 4 nitrogen and oxygen atoms in total. The van der Waals surface area contributed by atoms with Crippen LogP contribution in [0.2, 0.25) is 0 Å². The van der Waals surface area contributed by atoms with Crippen LogP contribution in [-0.4, -0.2) is 24.4 Å². The average molecular weight is 248 g/mol. The van der Waals surface area contributed by atoms with E-state index in [1.54, 1.807) is 4.90 Å². The second-order valence-electron chi connectivity index (χ2n) is 4.48. The molecule has 1 aromatic carbocycles. The highest BCUT2D eigenvalue weighted by atomic mass is 16.2. The summed E-state index contributed by atoms with van der Waals surface area (Å²) >= 11 is 0. The summed E-state index contributed by atoms with van der Waals surface area (Å²) in [4.78, 5) is 24.7. The van der Waals surface area contributed by atoms with Gasteiger partial charge in [-0.3, -0.25) is 9.59 Å². The molecule has 0 fully saturated rings. The highest BCUT2D eigenvalue weighted by molar-refractivity contribution is 5.92. The molecule has 2 amide bonds. The monoisotopic (exact) mass is 248 g/mol. The predicted molar refractivity (Wildman–Crippen MR) is 72.4 cm³/mol. The Kier molecular flexibility index (Phi) is 5.36. The molecule has 0 aromatic heterocycles. The zero-order chi connectivity index (χ0) is 13.5. The van der Waals surface area contributed by atoms with Crippen molar-refractivity contribution in [1.29, 1.82) is 0 Å². The van der Waals surface area contributed by atoms with E-state index in [9.17, 15) is 9.59 Å². The molecule has 1 aromatic rings. The van der Waals surface area contributed by atoms with Gasteiger partial charge in [-0.1, -0.05) is 18.2 Å². The predicted octanol–water partition coefficient (Wildman–Crippen LogP) is 1.95. The van der Waals surface area contributed by atoms with Crippen molar-refractivity contribution in [1.82, 2.24) is 5.32 Å². The molecule has 98 valence electrons. The van der Waals surface area contributed by atoms with Crippen LogP contribution in [0.3, 0.4) is 0 Å². The normalized spacial score (nSPS) is 10.2. The van der Waals surface area contributed by atoms with Gasteiger partial charge in [0.1, 0.15) is 0 Å². The second kappa shape index (κ2) is 6.79. The van der Waals surface area contributed by atoms with Gasteiger partial charge in [0.25, 0.3) is 0 Å². The molecule has 4 heteroatoms. The molecule has 0 aliphatic carbocycles. The molecule has 0 spiro atoms. The Labute approximate surface area is 108 Å². The lowest BCUT2D eigenvalue weighted by Gasteiger charge is -2.21. The van der Waals surface area contributed by atoms with Crippen molar-refractivity contribution in [2.45, 2.75) is 33.2 Å². The number of carbonyl (C=O) groups is 2. The van der Waals surface area contributed by atoms with Crippen molar-refractivity contribution >= 4 is 17.5 Å². The van der Waals surface area contributed by atoms with E-state index in [0.717, 1.165) is 5.69 Å². The third kappa shape index (κ3) is 4.57. The topological polar surface area (TPSA) is 49.4 Å². The maximum atomic E-state index is 11.6. The van der Waals surface area contributed by atoms with Crippen LogP contribution in [-0.2, 0) is 9.59 Å². The fourth-order valence-corrected chi connectivity index (χ4v) is 1.68. The Morgan fingerprint density at radius 3 is 2.33 bits per heavy atom. The first-order valence-electron chi connectivity index (χ1n) is 6.13. The molecule has 1 N–H and O–H groups in total. The second-order valence-corrected chi connectivity index (χ2v) is 4.48. The molecule has 0 saturated carbocycles. The van der Waals surface area contributed by atoms with Crippen LogP contribution in [0.1, 0.15) is 27.2 Å². The Balaban J connectivity index is 2.60. The number of carbonyl (C=O) groups excluding carboxylic acids is 2. The minimum Gasteiger partial charge on any atom is -0.354 e. The van der Waals surface area contributed by atoms with Gasteiger partial charge >= 0.3 is 0 Å². The molecular weight excluding hydrogens is 228 g/mol. The Bertz CT molecular complexity index is 402. The Hall–Kier alpha value is -1.84. The third-order valence-electron chi connectivity index (χ3n) is 2.46. The van der Waals surface area contributed by atoms with E-state index in [2.05, 4.69) is 5.32 Å². The van der Waals surface area contributed by atoms with Crippen LogP contribution in [0.5, 0.6) is 0 Å². The van der Waals surface area contributed by atoms with Crippen molar-refractivity contribution in [3.05, 3.63) is 30.3 Å². The van der Waals surface area contributed by atoms with E-state index in [4.69, 9.17) is 0 Å². The molecule has 0 atom stereocenters. The summed E-state index contributed by atoms with van der Waals surface area (Å²) in [5.41, 5.74) is 0.822. The highest BCUT2D eigenvalue weighted by Crippen LogP contribution is 2.13. The maximum absolute atomic E-state index is 11.6. The van der Waals surface area contributed by atoms with Crippen LogP contribution in [0.25, 0.3) is 0 Å². The summed E-state index contributed by atoms with van der Waals surface area (Å²) in [7, 11) is 0. The number of hydrogen-bond acceptors (Lipinski definition) is 2. The van der Waals surface area contributed by atoms with E-state index in [1.807, 2.05) is 44.2 Å². The number of rotatable bonds is 5. The van der Waals surface area contributed by atoms with E-state index in [0.29, 0.717) is 13.0 Å². The van der Waals surface area contributed by atoms with Crippen LogP contribution in [0.4, 0.5) is 5.69 Å². The Morgan fingerprint density at radius 1 is 1.22 bits per heavy atom. The van der Waals surface area contributed by atoms with Crippen molar-refractivity contribution < 1.29 is 9.59 Å². The zero-order valence-electron chi connectivity index (χ0n) is 11.1. The Morgan fingerprint density at radius 2 is 1.83 bits per heavy atom. The summed E-state index contributed by atoms with van der Waals surface area (Å²) in [5.74, 6) is -0.0919. The lowest BCUT2D eigenvalue weighted by Crippen LogP contribution is -2.36. The summed E-state index contributed by atoms with van der Waals surface area (Å²) in [6.07, 6.45) is 0.312. The molecule has 0 radical (unpaired) electrons. The van der Waals surface area contributed by atoms with E-state index in [1.165, 1.54) is 6.92 Å². The minimum absolute atomic E-state index is 0.0350. The minimum atomic E-state index is -0.0569. The lowest BCUT2D eigenvalue weighted by molar-refractivity contribution is -0.121. The molecule has 0 bridgehead atoms. The average Bonchev–Trinajstić information content (AvgIpc) is 2.29. The molecule has 1 rings (SSSR count). The number of anilines is 1. The van der Waals surface area contributed by atoms with E-state index < -0.39 is 0 Å². The number of nitrogens with zero attached hydrogens (tertiary/aromatic N) is 1. The maximum Gasteiger partial charge on any atom is 0.223 e. The SMILES string of the molecule is CC(=O)N(CCC(=O)NC(C)C)c1ccccc1. The van der Waals surface area contributed by atoms with Gasteiger partial charge in [0.05, 0.1) is 0 Å². The lowest BCUT2D eigenvalue weighted by atomic mass is 10.2. The summed E-state index contributed by atoms with van der Waals surface area (Å²) < 4.78 is 0. The first kappa shape index (κ1) is 14.2. The molecule has 18 heavy (non-hydrogen) atoms. The third-order valence-corrected chi connectivity index (χ3v) is 2.46. The number of nitrogens with one attached hydrogen (secondary N) is 1. The smallest absolute Gasteiger partial charge is 0.223 e. The first-order chi connectivity index (χ1) is 8.50. The number of amides is 2. The summed E-state index contributed by atoms with van der Waals surface area (Å²) in [5, 5.41) is 2.81. The van der Waals surface area contributed by atoms with Gasteiger partial charge in [-0.2, -0.15) is 0 Å².